The van der Waals surface area contributed by atoms with E-state index in [2.05, 4.69) is 10.2 Å². The Bertz CT molecular complexity index is 1270. The van der Waals surface area contributed by atoms with E-state index in [0.717, 1.165) is 18.3 Å². The van der Waals surface area contributed by atoms with E-state index in [4.69, 9.17) is 16.3 Å². The molecule has 33 heavy (non-hydrogen) atoms. The Hall–Kier alpha value is -2.49. The number of hydrogen-bond donors (Lipinski definition) is 0. The Labute approximate surface area is 198 Å². The highest BCUT2D eigenvalue weighted by Gasteiger charge is 2.37. The van der Waals surface area contributed by atoms with E-state index in [1.807, 2.05) is 0 Å². The first-order valence-electron chi connectivity index (χ1n) is 10.6. The highest BCUT2D eigenvalue weighted by molar-refractivity contribution is 7.93. The van der Waals surface area contributed by atoms with Gasteiger partial charge >= 0.3 is 0 Å². The predicted octanol–water partition coefficient (Wildman–Crippen LogP) is 4.77. The number of ether oxygens (including phenoxy) is 1. The summed E-state index contributed by atoms with van der Waals surface area (Å²) < 4.78 is 50.8. The minimum atomic E-state index is -4.05. The molecule has 1 saturated heterocycles. The molecule has 0 N–H and O–H groups in total. The summed E-state index contributed by atoms with van der Waals surface area (Å²) in [7, 11) is -2.24. The quantitative estimate of drug-likeness (QED) is 0.512. The second-order valence-corrected chi connectivity index (χ2v) is 11.2. The summed E-state index contributed by atoms with van der Waals surface area (Å²) in [5.41, 5.74) is -0.418. The summed E-state index contributed by atoms with van der Waals surface area (Å²) >= 11 is 6.15. The van der Waals surface area contributed by atoms with Crippen LogP contribution in [0.5, 0.6) is 0 Å². The Morgan fingerprint density at radius 3 is 2.48 bits per heavy atom. The molecule has 1 aromatic heterocycles. The van der Waals surface area contributed by atoms with Gasteiger partial charge in [0.05, 0.1) is 22.2 Å². The van der Waals surface area contributed by atoms with Crippen molar-refractivity contribution in [3.8, 4) is 11.4 Å². The van der Waals surface area contributed by atoms with Gasteiger partial charge in [0.2, 0.25) is 0 Å². The lowest BCUT2D eigenvalue weighted by atomic mass is 10.1. The number of benzene rings is 2. The Balaban J connectivity index is 1.95. The van der Waals surface area contributed by atoms with Gasteiger partial charge in [-0.3, -0.25) is 4.31 Å². The maximum atomic E-state index is 14.8. The molecule has 7 nitrogen and oxygen atoms in total. The van der Waals surface area contributed by atoms with E-state index in [1.54, 1.807) is 50.6 Å². The van der Waals surface area contributed by atoms with Crippen LogP contribution in [0.1, 0.15) is 38.9 Å². The van der Waals surface area contributed by atoms with Gasteiger partial charge in [0, 0.05) is 36.7 Å². The Kier molecular flexibility index (Phi) is 6.24. The minimum absolute atomic E-state index is 0.0855. The fraction of sp³-hybridized carbons (Fsp3) is 0.391. The standard InChI is InChI=1S/C23H26ClFN4O3S/c1-23(2,3)29(33(30,31)16-8-6-5-7-9-16)20-13-19(25)18(24)12-17(20)22-27-26-21(28(22)4)15-10-11-32-14-15/h5-9,12-13,15H,10-11,14H2,1-4H3. The zero-order chi connectivity index (χ0) is 24.0. The largest absolute Gasteiger partial charge is 0.381 e. The lowest BCUT2D eigenvalue weighted by Crippen LogP contribution is -2.46. The summed E-state index contributed by atoms with van der Waals surface area (Å²) in [6, 6.07) is 10.6. The number of sulfonamides is 1. The van der Waals surface area contributed by atoms with Crippen molar-refractivity contribution in [2.24, 2.45) is 7.05 Å². The molecule has 0 aliphatic carbocycles. The first kappa shape index (κ1) is 23.7. The molecule has 176 valence electrons. The van der Waals surface area contributed by atoms with Crippen LogP contribution >= 0.6 is 11.6 Å². The van der Waals surface area contributed by atoms with Crippen molar-refractivity contribution in [2.75, 3.05) is 17.5 Å². The van der Waals surface area contributed by atoms with Crippen molar-refractivity contribution in [3.05, 3.63) is 59.1 Å². The Morgan fingerprint density at radius 1 is 1.18 bits per heavy atom. The Morgan fingerprint density at radius 2 is 1.88 bits per heavy atom. The second-order valence-electron chi connectivity index (χ2n) is 9.04. The molecule has 4 rings (SSSR count). The van der Waals surface area contributed by atoms with Crippen molar-refractivity contribution in [1.29, 1.82) is 0 Å². The third kappa shape index (κ3) is 4.37. The molecule has 1 unspecified atom stereocenters. The molecule has 1 fully saturated rings. The first-order chi connectivity index (χ1) is 15.5. The molecule has 0 saturated carbocycles. The fourth-order valence-corrected chi connectivity index (χ4v) is 6.11. The molecule has 2 heterocycles. The average molecular weight is 493 g/mol. The van der Waals surface area contributed by atoms with Crippen LogP contribution in [0.2, 0.25) is 5.02 Å². The molecule has 1 aliphatic heterocycles. The third-order valence-electron chi connectivity index (χ3n) is 5.59. The smallest absolute Gasteiger partial charge is 0.264 e. The van der Waals surface area contributed by atoms with Gasteiger partial charge in [-0.05, 0) is 45.4 Å². The topological polar surface area (TPSA) is 77.3 Å². The van der Waals surface area contributed by atoms with Crippen molar-refractivity contribution < 1.29 is 17.5 Å². The van der Waals surface area contributed by atoms with Crippen LogP contribution in [0, 0.1) is 5.82 Å². The molecule has 10 heteroatoms. The van der Waals surface area contributed by atoms with Crippen LogP contribution < -0.4 is 4.31 Å². The van der Waals surface area contributed by atoms with E-state index in [0.29, 0.717) is 24.6 Å². The molecule has 1 aliphatic rings. The first-order valence-corrected chi connectivity index (χ1v) is 12.4. The number of nitrogens with zero attached hydrogens (tertiary/aromatic N) is 4. The van der Waals surface area contributed by atoms with E-state index in [9.17, 15) is 12.8 Å². The monoisotopic (exact) mass is 492 g/mol. The zero-order valence-electron chi connectivity index (χ0n) is 18.9. The molecular formula is C23H26ClFN4O3S. The fourth-order valence-electron chi connectivity index (χ4n) is 4.10. The van der Waals surface area contributed by atoms with Gasteiger partial charge in [-0.2, -0.15) is 0 Å². The van der Waals surface area contributed by atoms with E-state index in [-0.39, 0.29) is 21.5 Å². The zero-order valence-corrected chi connectivity index (χ0v) is 20.5. The van der Waals surface area contributed by atoms with E-state index >= 15 is 0 Å². The molecule has 2 aromatic carbocycles. The summed E-state index contributed by atoms with van der Waals surface area (Å²) in [6.07, 6.45) is 0.819. The van der Waals surface area contributed by atoms with Gasteiger partial charge in [0.25, 0.3) is 10.0 Å². The SMILES string of the molecule is Cn1c(-c2cc(Cl)c(F)cc2N(C(C)(C)C)S(=O)(=O)c2ccccc2)nnc1C1CCOC1. The summed E-state index contributed by atoms with van der Waals surface area (Å²) in [5, 5.41) is 8.54. The van der Waals surface area contributed by atoms with Crippen LogP contribution in [-0.2, 0) is 21.8 Å². The van der Waals surface area contributed by atoms with Gasteiger partial charge in [-0.1, -0.05) is 29.8 Å². The maximum Gasteiger partial charge on any atom is 0.264 e. The lowest BCUT2D eigenvalue weighted by molar-refractivity contribution is 0.193. The van der Waals surface area contributed by atoms with Crippen LogP contribution in [0.25, 0.3) is 11.4 Å². The highest BCUT2D eigenvalue weighted by Crippen LogP contribution is 2.41. The number of aromatic nitrogens is 3. The molecular weight excluding hydrogens is 467 g/mol. The van der Waals surface area contributed by atoms with Crippen LogP contribution in [0.3, 0.4) is 0 Å². The van der Waals surface area contributed by atoms with Crippen molar-refractivity contribution in [3.63, 3.8) is 0 Å². The second kappa shape index (κ2) is 8.70. The van der Waals surface area contributed by atoms with Gasteiger partial charge in [0.15, 0.2) is 5.82 Å². The normalized spacial score (nSPS) is 16.8. The summed E-state index contributed by atoms with van der Waals surface area (Å²) in [5.74, 6) is 0.482. The predicted molar refractivity (Wildman–Crippen MR) is 125 cm³/mol. The maximum absolute atomic E-state index is 14.8. The van der Waals surface area contributed by atoms with Gasteiger partial charge < -0.3 is 9.30 Å². The number of halogens is 2. The minimum Gasteiger partial charge on any atom is -0.381 e. The molecule has 0 radical (unpaired) electrons. The summed E-state index contributed by atoms with van der Waals surface area (Å²) in [6.45, 7) is 6.44. The van der Waals surface area contributed by atoms with Crippen LogP contribution in [0.15, 0.2) is 47.4 Å². The van der Waals surface area contributed by atoms with E-state index in [1.165, 1.54) is 22.5 Å². The summed E-state index contributed by atoms with van der Waals surface area (Å²) in [4.78, 5) is 0.1000. The van der Waals surface area contributed by atoms with Crippen molar-refractivity contribution in [2.45, 2.75) is 43.5 Å². The molecule has 0 bridgehead atoms. The van der Waals surface area contributed by atoms with Crippen LogP contribution in [-0.4, -0.2) is 41.9 Å². The van der Waals surface area contributed by atoms with Crippen LogP contribution in [0.4, 0.5) is 10.1 Å². The third-order valence-corrected chi connectivity index (χ3v) is 7.98. The molecule has 3 aromatic rings. The average Bonchev–Trinajstić information content (AvgIpc) is 3.40. The molecule has 0 spiro atoms. The van der Waals surface area contributed by atoms with Gasteiger partial charge in [-0.25, -0.2) is 12.8 Å². The number of anilines is 1. The highest BCUT2D eigenvalue weighted by atomic mass is 35.5. The molecule has 1 atom stereocenters. The van der Waals surface area contributed by atoms with E-state index < -0.39 is 21.4 Å². The van der Waals surface area contributed by atoms with Gasteiger partial charge in [0.1, 0.15) is 11.6 Å². The molecule has 0 amide bonds. The van der Waals surface area contributed by atoms with Crippen molar-refractivity contribution >= 4 is 27.3 Å². The van der Waals surface area contributed by atoms with Crippen molar-refractivity contribution in [1.82, 2.24) is 14.8 Å². The number of hydrogen-bond acceptors (Lipinski definition) is 5. The number of rotatable bonds is 5. The van der Waals surface area contributed by atoms with Gasteiger partial charge in [-0.15, -0.1) is 10.2 Å². The lowest BCUT2D eigenvalue weighted by Gasteiger charge is -2.37.